The van der Waals surface area contributed by atoms with Crippen LogP contribution in [0.2, 0.25) is 0 Å². The Labute approximate surface area is 169 Å². The number of rotatable bonds is 5. The minimum atomic E-state index is -0.653. The molecule has 26 heavy (non-hydrogen) atoms. The van der Waals surface area contributed by atoms with Crippen LogP contribution in [0.15, 0.2) is 0 Å². The van der Waals surface area contributed by atoms with Gasteiger partial charge >= 0.3 is 0 Å². The highest BCUT2D eigenvalue weighted by molar-refractivity contribution is 5.86. The maximum absolute atomic E-state index is 12.9. The molecule has 8 heteroatoms. The molecule has 0 aromatic rings. The zero-order valence-electron chi connectivity index (χ0n) is 15.9. The van der Waals surface area contributed by atoms with E-state index in [4.69, 9.17) is 9.47 Å². The number of amides is 1. The van der Waals surface area contributed by atoms with Crippen molar-refractivity contribution in [2.45, 2.75) is 56.1 Å². The highest BCUT2D eigenvalue weighted by Gasteiger charge is 2.43. The Morgan fingerprint density at radius 1 is 1.08 bits per heavy atom. The predicted octanol–water partition coefficient (Wildman–Crippen LogP) is 1.75. The summed E-state index contributed by atoms with van der Waals surface area (Å²) in [4.78, 5) is 15.5. The number of likely N-dealkylation sites (tertiary alicyclic amines) is 1. The van der Waals surface area contributed by atoms with Crippen molar-refractivity contribution in [2.24, 2.45) is 0 Å². The molecular formula is C18H35Cl2N3O3. The summed E-state index contributed by atoms with van der Waals surface area (Å²) in [7, 11) is 1.67. The summed E-state index contributed by atoms with van der Waals surface area (Å²) >= 11 is 0. The predicted molar refractivity (Wildman–Crippen MR) is 108 cm³/mol. The molecule has 3 fully saturated rings. The number of piperidine rings is 2. The van der Waals surface area contributed by atoms with E-state index in [9.17, 15) is 4.79 Å². The second kappa shape index (κ2) is 11.0. The van der Waals surface area contributed by atoms with Crippen molar-refractivity contribution in [3.63, 3.8) is 0 Å². The number of hydrogen-bond acceptors (Lipinski definition) is 5. The zero-order valence-corrected chi connectivity index (χ0v) is 17.5. The van der Waals surface area contributed by atoms with Crippen LogP contribution in [-0.4, -0.2) is 75.0 Å². The molecule has 3 aliphatic heterocycles. The molecule has 0 spiro atoms. The van der Waals surface area contributed by atoms with E-state index in [0.717, 1.165) is 65.1 Å². The minimum absolute atomic E-state index is 0. The van der Waals surface area contributed by atoms with Crippen LogP contribution in [0.3, 0.4) is 0 Å². The molecule has 0 aliphatic carbocycles. The molecule has 0 unspecified atom stereocenters. The molecule has 0 aromatic heterocycles. The van der Waals surface area contributed by atoms with Crippen LogP contribution < -0.4 is 10.6 Å². The van der Waals surface area contributed by atoms with E-state index in [2.05, 4.69) is 15.5 Å². The van der Waals surface area contributed by atoms with Crippen molar-refractivity contribution in [3.8, 4) is 0 Å². The fourth-order valence-electron chi connectivity index (χ4n) is 4.48. The van der Waals surface area contributed by atoms with Crippen molar-refractivity contribution < 1.29 is 14.3 Å². The highest BCUT2D eigenvalue weighted by atomic mass is 35.5. The van der Waals surface area contributed by atoms with Gasteiger partial charge in [-0.05, 0) is 64.7 Å². The van der Waals surface area contributed by atoms with Gasteiger partial charge in [0.15, 0.2) is 0 Å². The maximum atomic E-state index is 12.9. The SMILES string of the molecule is COC1(C(=O)NCC2(N3CCCCC3)CCOCC2)CCNCC1.Cl.Cl. The third-order valence-electron chi connectivity index (χ3n) is 6.24. The number of nitrogens with one attached hydrogen (secondary N) is 2. The first-order valence-electron chi connectivity index (χ1n) is 9.58. The van der Waals surface area contributed by atoms with Gasteiger partial charge in [0.2, 0.25) is 0 Å². The first-order chi connectivity index (χ1) is 11.7. The van der Waals surface area contributed by atoms with Crippen molar-refractivity contribution in [1.29, 1.82) is 0 Å². The molecule has 0 aromatic carbocycles. The van der Waals surface area contributed by atoms with Crippen LogP contribution in [0.4, 0.5) is 0 Å². The Morgan fingerprint density at radius 2 is 1.69 bits per heavy atom. The lowest BCUT2D eigenvalue weighted by Gasteiger charge is -2.48. The van der Waals surface area contributed by atoms with Crippen molar-refractivity contribution >= 4 is 30.7 Å². The van der Waals surface area contributed by atoms with E-state index in [0.29, 0.717) is 6.54 Å². The molecule has 3 rings (SSSR count). The van der Waals surface area contributed by atoms with Crippen LogP contribution in [0.25, 0.3) is 0 Å². The molecule has 3 aliphatic rings. The monoisotopic (exact) mass is 411 g/mol. The van der Waals surface area contributed by atoms with Crippen molar-refractivity contribution in [3.05, 3.63) is 0 Å². The summed E-state index contributed by atoms with van der Waals surface area (Å²) in [5, 5.41) is 6.57. The van der Waals surface area contributed by atoms with Gasteiger partial charge in [0.25, 0.3) is 5.91 Å². The Hall–Kier alpha value is -0.110. The lowest BCUT2D eigenvalue weighted by Crippen LogP contribution is -2.62. The fourth-order valence-corrected chi connectivity index (χ4v) is 4.48. The Kier molecular flexibility index (Phi) is 10.1. The molecule has 3 heterocycles. The summed E-state index contributed by atoms with van der Waals surface area (Å²) in [5.74, 6) is 0.0642. The second-order valence-electron chi connectivity index (χ2n) is 7.52. The van der Waals surface area contributed by atoms with Gasteiger partial charge in [0.05, 0.1) is 0 Å². The lowest BCUT2D eigenvalue weighted by molar-refractivity contribution is -0.148. The summed E-state index contributed by atoms with van der Waals surface area (Å²) in [5.41, 5.74) is -0.588. The number of halogens is 2. The lowest BCUT2D eigenvalue weighted by atomic mass is 9.85. The minimum Gasteiger partial charge on any atom is -0.381 e. The number of nitrogens with zero attached hydrogens (tertiary/aromatic N) is 1. The first kappa shape index (κ1) is 23.9. The van der Waals surface area contributed by atoms with E-state index in [1.807, 2.05) is 0 Å². The molecule has 3 saturated heterocycles. The summed E-state index contributed by atoms with van der Waals surface area (Å²) in [6, 6.07) is 0. The Balaban J connectivity index is 0.00000169. The van der Waals surface area contributed by atoms with Crippen LogP contribution in [0.1, 0.15) is 44.9 Å². The zero-order chi connectivity index (χ0) is 16.9. The van der Waals surface area contributed by atoms with Crippen LogP contribution in [0, 0.1) is 0 Å². The quantitative estimate of drug-likeness (QED) is 0.721. The molecule has 0 saturated carbocycles. The number of carbonyl (C=O) groups excluding carboxylic acids is 1. The normalized spacial score (nSPS) is 25.4. The van der Waals surface area contributed by atoms with Crippen LogP contribution >= 0.6 is 24.8 Å². The molecule has 0 atom stereocenters. The second-order valence-corrected chi connectivity index (χ2v) is 7.52. The van der Waals surface area contributed by atoms with Gasteiger partial charge in [-0.2, -0.15) is 0 Å². The number of hydrogen-bond donors (Lipinski definition) is 2. The standard InChI is InChI=1S/C18H33N3O3.2ClH/c1-23-18(5-9-19-10-6-18)16(22)20-15-17(7-13-24-14-8-17)21-11-3-2-4-12-21;;/h19H,2-15H2,1H3,(H,20,22);2*1H. The Bertz CT molecular complexity index is 422. The van der Waals surface area contributed by atoms with E-state index in [-0.39, 0.29) is 36.3 Å². The van der Waals surface area contributed by atoms with Crippen LogP contribution in [0.5, 0.6) is 0 Å². The first-order valence-corrected chi connectivity index (χ1v) is 9.58. The number of methoxy groups -OCH3 is 1. The van der Waals surface area contributed by atoms with E-state index < -0.39 is 5.60 Å². The van der Waals surface area contributed by atoms with Gasteiger partial charge in [-0.25, -0.2) is 0 Å². The van der Waals surface area contributed by atoms with Crippen molar-refractivity contribution in [2.75, 3.05) is 53.0 Å². The van der Waals surface area contributed by atoms with Crippen molar-refractivity contribution in [1.82, 2.24) is 15.5 Å². The number of carbonyl (C=O) groups is 1. The average molecular weight is 412 g/mol. The smallest absolute Gasteiger partial charge is 0.252 e. The highest BCUT2D eigenvalue weighted by Crippen LogP contribution is 2.31. The third kappa shape index (κ3) is 5.24. The molecule has 1 amide bonds. The van der Waals surface area contributed by atoms with Gasteiger partial charge in [0, 0.05) is 32.4 Å². The summed E-state index contributed by atoms with van der Waals surface area (Å²) < 4.78 is 11.3. The summed E-state index contributed by atoms with van der Waals surface area (Å²) in [6.45, 7) is 6.29. The maximum Gasteiger partial charge on any atom is 0.252 e. The Morgan fingerprint density at radius 3 is 2.27 bits per heavy atom. The van der Waals surface area contributed by atoms with Gasteiger partial charge in [0.1, 0.15) is 5.60 Å². The molecule has 154 valence electrons. The molecular weight excluding hydrogens is 377 g/mol. The third-order valence-corrected chi connectivity index (χ3v) is 6.24. The molecule has 0 bridgehead atoms. The number of ether oxygens (including phenoxy) is 2. The van der Waals surface area contributed by atoms with E-state index in [1.54, 1.807) is 7.11 Å². The molecule has 2 N–H and O–H groups in total. The summed E-state index contributed by atoms with van der Waals surface area (Å²) in [6.07, 6.45) is 7.37. The van der Waals surface area contributed by atoms with Gasteiger partial charge in [-0.3, -0.25) is 9.69 Å². The molecule has 6 nitrogen and oxygen atoms in total. The average Bonchev–Trinajstić information content (AvgIpc) is 2.68. The van der Waals surface area contributed by atoms with Gasteiger partial charge < -0.3 is 20.1 Å². The van der Waals surface area contributed by atoms with Gasteiger partial charge in [-0.15, -0.1) is 24.8 Å². The fraction of sp³-hybridized carbons (Fsp3) is 0.944. The van der Waals surface area contributed by atoms with E-state index >= 15 is 0 Å². The topological polar surface area (TPSA) is 62.8 Å². The van der Waals surface area contributed by atoms with Gasteiger partial charge in [-0.1, -0.05) is 6.42 Å². The molecule has 0 radical (unpaired) electrons. The van der Waals surface area contributed by atoms with E-state index in [1.165, 1.54) is 19.3 Å². The van der Waals surface area contributed by atoms with Crippen LogP contribution in [-0.2, 0) is 14.3 Å². The largest absolute Gasteiger partial charge is 0.381 e.